The number of ketones is 1. The molecule has 2 aromatic carbocycles. The second kappa shape index (κ2) is 9.89. The lowest BCUT2D eigenvalue weighted by Crippen LogP contribution is -2.37. The highest BCUT2D eigenvalue weighted by Gasteiger charge is 2.40. The summed E-state index contributed by atoms with van der Waals surface area (Å²) in [4.78, 5) is 30.5. The number of hydrogen-bond donors (Lipinski definition) is 2. The predicted octanol–water partition coefficient (Wildman–Crippen LogP) is 3.77. The van der Waals surface area contributed by atoms with Crippen LogP contribution in [0.2, 0.25) is 5.02 Å². The Morgan fingerprint density at radius 1 is 1.09 bits per heavy atom. The number of fused-ring (bicyclic) bond motifs is 1. The van der Waals surface area contributed by atoms with E-state index in [0.717, 1.165) is 5.56 Å². The Balaban J connectivity index is 1.44. The van der Waals surface area contributed by atoms with Gasteiger partial charge in [-0.2, -0.15) is 0 Å². The zero-order chi connectivity index (χ0) is 25.2. The van der Waals surface area contributed by atoms with Crippen molar-refractivity contribution in [3.05, 3.63) is 88.1 Å². The highest BCUT2D eigenvalue weighted by Crippen LogP contribution is 2.38. The third-order valence-corrected chi connectivity index (χ3v) is 8.30. The van der Waals surface area contributed by atoms with Gasteiger partial charge in [0, 0.05) is 10.6 Å². The first-order chi connectivity index (χ1) is 16.6. The van der Waals surface area contributed by atoms with Gasteiger partial charge < -0.3 is 10.4 Å². The second-order valence-electron chi connectivity index (χ2n) is 8.77. The van der Waals surface area contributed by atoms with Crippen molar-refractivity contribution in [3.8, 4) is 0 Å². The number of carbonyl (C=O) groups excluding carboxylic acids is 2. The number of hydrogen-bond acceptors (Lipinski definition) is 6. The fourth-order valence-electron chi connectivity index (χ4n) is 4.27. The van der Waals surface area contributed by atoms with Gasteiger partial charge in [-0.05, 0) is 67.3 Å². The van der Waals surface area contributed by atoms with Crippen LogP contribution in [0.1, 0.15) is 40.5 Å². The number of aromatic nitrogens is 1. The maximum absolute atomic E-state index is 13.3. The van der Waals surface area contributed by atoms with E-state index in [0.29, 0.717) is 40.5 Å². The van der Waals surface area contributed by atoms with Crippen molar-refractivity contribution in [2.75, 3.05) is 17.7 Å². The molecule has 35 heavy (non-hydrogen) atoms. The molecule has 4 rings (SSSR count). The number of nitrogens with zero attached hydrogens (tertiary/aromatic N) is 1. The van der Waals surface area contributed by atoms with Crippen LogP contribution >= 0.6 is 11.6 Å². The maximum atomic E-state index is 13.3. The van der Waals surface area contributed by atoms with Gasteiger partial charge in [0.2, 0.25) is 5.91 Å². The van der Waals surface area contributed by atoms with Crippen LogP contribution in [-0.4, -0.2) is 42.6 Å². The topological polar surface area (TPSA) is 113 Å². The SMILES string of the molecule is CC1(c2ccc(Cl)cc2)CCc2nc(NC(=O)Cc3ccc(S(=O)(=O)CCO)cc3)ccc2C1=O. The van der Waals surface area contributed by atoms with Crippen molar-refractivity contribution in [2.24, 2.45) is 0 Å². The second-order valence-corrected chi connectivity index (χ2v) is 11.3. The van der Waals surface area contributed by atoms with Gasteiger partial charge >= 0.3 is 0 Å². The minimum atomic E-state index is -3.54. The monoisotopic (exact) mass is 512 g/mol. The molecule has 9 heteroatoms. The Kier molecular flexibility index (Phi) is 7.07. The number of halogens is 1. The number of Topliss-reactive ketones (excluding diaryl/α,β-unsaturated/α-hetero) is 1. The number of nitrogens with one attached hydrogen (secondary N) is 1. The average molecular weight is 513 g/mol. The molecule has 7 nitrogen and oxygen atoms in total. The molecule has 0 radical (unpaired) electrons. The van der Waals surface area contributed by atoms with Crippen LogP contribution in [0.15, 0.2) is 65.6 Å². The molecule has 0 fully saturated rings. The van der Waals surface area contributed by atoms with Gasteiger partial charge in [-0.25, -0.2) is 13.4 Å². The standard InChI is InChI=1S/C26H25ClN2O5S/c1-26(18-4-6-19(27)7-5-18)13-12-22-21(25(26)32)10-11-23(28-22)29-24(31)16-17-2-8-20(9-3-17)35(33,34)15-14-30/h2-11,30H,12-16H2,1H3,(H,28,29,31). The number of carbonyl (C=O) groups is 2. The first-order valence-corrected chi connectivity index (χ1v) is 13.2. The molecular formula is C26H25ClN2O5S. The van der Waals surface area contributed by atoms with E-state index in [-0.39, 0.29) is 28.8 Å². The van der Waals surface area contributed by atoms with Gasteiger partial charge in [0.25, 0.3) is 0 Å². The summed E-state index contributed by atoms with van der Waals surface area (Å²) >= 11 is 6.00. The molecule has 0 saturated heterocycles. The molecule has 3 aromatic rings. The van der Waals surface area contributed by atoms with E-state index in [2.05, 4.69) is 10.3 Å². The normalized spacial score (nSPS) is 17.6. The Bertz CT molecular complexity index is 1370. The van der Waals surface area contributed by atoms with Crippen molar-refractivity contribution >= 4 is 38.9 Å². The van der Waals surface area contributed by atoms with Crippen LogP contribution in [-0.2, 0) is 32.9 Å². The summed E-state index contributed by atoms with van der Waals surface area (Å²) in [6.45, 7) is 1.48. The minimum absolute atomic E-state index is 0.0114. The summed E-state index contributed by atoms with van der Waals surface area (Å²) < 4.78 is 24.0. The Morgan fingerprint density at radius 2 is 1.77 bits per heavy atom. The highest BCUT2D eigenvalue weighted by atomic mass is 35.5. The number of benzene rings is 2. The number of anilines is 1. The quantitative estimate of drug-likeness (QED) is 0.498. The van der Waals surface area contributed by atoms with Crippen molar-refractivity contribution in [1.82, 2.24) is 4.98 Å². The van der Waals surface area contributed by atoms with Crippen LogP contribution in [0.25, 0.3) is 0 Å². The summed E-state index contributed by atoms with van der Waals surface area (Å²) in [7, 11) is -3.54. The zero-order valence-electron chi connectivity index (χ0n) is 19.1. The molecule has 1 atom stereocenters. The van der Waals surface area contributed by atoms with Crippen molar-refractivity contribution in [1.29, 1.82) is 0 Å². The summed E-state index contributed by atoms with van der Waals surface area (Å²) in [6, 6.07) is 16.6. The molecule has 0 saturated carbocycles. The molecule has 1 aliphatic rings. The lowest BCUT2D eigenvalue weighted by Gasteiger charge is -2.33. The third kappa shape index (κ3) is 5.29. The highest BCUT2D eigenvalue weighted by molar-refractivity contribution is 7.91. The molecule has 1 amide bonds. The van der Waals surface area contributed by atoms with Gasteiger partial charge in [0.15, 0.2) is 15.6 Å². The van der Waals surface area contributed by atoms with Gasteiger partial charge in [-0.15, -0.1) is 0 Å². The van der Waals surface area contributed by atoms with Crippen molar-refractivity contribution in [3.63, 3.8) is 0 Å². The number of pyridine rings is 1. The average Bonchev–Trinajstić information content (AvgIpc) is 2.82. The molecule has 1 unspecified atom stereocenters. The van der Waals surface area contributed by atoms with Crippen LogP contribution < -0.4 is 5.32 Å². The fourth-order valence-corrected chi connectivity index (χ4v) is 5.42. The minimum Gasteiger partial charge on any atom is -0.395 e. The van der Waals surface area contributed by atoms with E-state index in [1.54, 1.807) is 36.4 Å². The number of aliphatic hydroxyl groups excluding tert-OH is 1. The van der Waals surface area contributed by atoms with Gasteiger partial charge in [-0.1, -0.05) is 35.9 Å². The van der Waals surface area contributed by atoms with Crippen molar-refractivity contribution in [2.45, 2.75) is 36.5 Å². The first-order valence-electron chi connectivity index (χ1n) is 11.2. The molecule has 1 aromatic heterocycles. The smallest absolute Gasteiger partial charge is 0.229 e. The van der Waals surface area contributed by atoms with Crippen LogP contribution in [0.3, 0.4) is 0 Å². The molecule has 182 valence electrons. The number of aryl methyl sites for hydroxylation is 1. The summed E-state index contributed by atoms with van der Waals surface area (Å²) in [5, 5.41) is 12.3. The lowest BCUT2D eigenvalue weighted by molar-refractivity contribution is -0.115. The number of sulfone groups is 1. The largest absolute Gasteiger partial charge is 0.395 e. The molecule has 2 N–H and O–H groups in total. The Morgan fingerprint density at radius 3 is 2.43 bits per heavy atom. The zero-order valence-corrected chi connectivity index (χ0v) is 20.7. The van der Waals surface area contributed by atoms with Gasteiger partial charge in [-0.3, -0.25) is 9.59 Å². The van der Waals surface area contributed by atoms with Gasteiger partial charge in [0.05, 0.1) is 34.8 Å². The molecule has 0 spiro atoms. The lowest BCUT2D eigenvalue weighted by atomic mass is 9.69. The molecular weight excluding hydrogens is 488 g/mol. The van der Waals surface area contributed by atoms with E-state index in [9.17, 15) is 18.0 Å². The van der Waals surface area contributed by atoms with E-state index in [1.807, 2.05) is 19.1 Å². The number of aliphatic hydroxyl groups is 1. The van der Waals surface area contributed by atoms with E-state index in [4.69, 9.17) is 16.7 Å². The maximum Gasteiger partial charge on any atom is 0.229 e. The van der Waals surface area contributed by atoms with E-state index < -0.39 is 21.9 Å². The number of rotatable bonds is 7. The van der Waals surface area contributed by atoms with E-state index in [1.165, 1.54) is 12.1 Å². The van der Waals surface area contributed by atoms with Crippen LogP contribution in [0.5, 0.6) is 0 Å². The molecule has 1 heterocycles. The summed E-state index contributed by atoms with van der Waals surface area (Å²) in [6.07, 6.45) is 1.22. The summed E-state index contributed by atoms with van der Waals surface area (Å²) in [5.41, 5.74) is 2.08. The summed E-state index contributed by atoms with van der Waals surface area (Å²) in [5.74, 6) is -0.309. The first kappa shape index (κ1) is 25.0. The van der Waals surface area contributed by atoms with Crippen LogP contribution in [0.4, 0.5) is 5.82 Å². The van der Waals surface area contributed by atoms with E-state index >= 15 is 0 Å². The molecule has 0 aliphatic heterocycles. The Labute approximate surface area is 209 Å². The third-order valence-electron chi connectivity index (χ3n) is 6.34. The number of amides is 1. The molecule has 0 bridgehead atoms. The fraction of sp³-hybridized carbons (Fsp3) is 0.269. The predicted molar refractivity (Wildman–Crippen MR) is 134 cm³/mol. The molecule has 1 aliphatic carbocycles. The van der Waals surface area contributed by atoms with Gasteiger partial charge in [0.1, 0.15) is 5.82 Å². The van der Waals surface area contributed by atoms with Crippen molar-refractivity contribution < 1.29 is 23.1 Å². The Hall–Kier alpha value is -3.07. The van der Waals surface area contributed by atoms with Crippen LogP contribution in [0, 0.1) is 0 Å².